The fourth-order valence-corrected chi connectivity index (χ4v) is 4.07. The Labute approximate surface area is 176 Å². The van der Waals surface area contributed by atoms with Crippen molar-refractivity contribution in [3.8, 4) is 5.75 Å². The molecule has 4 rings (SSSR count). The molecule has 0 atom stereocenters. The Hall–Kier alpha value is -2.97. The smallest absolute Gasteiger partial charge is 0.270 e. The quantitative estimate of drug-likeness (QED) is 0.444. The number of rotatable bonds is 5. The van der Waals surface area contributed by atoms with Crippen LogP contribution in [0.25, 0.3) is 6.08 Å². The van der Waals surface area contributed by atoms with E-state index < -0.39 is 0 Å². The van der Waals surface area contributed by atoms with Crippen LogP contribution >= 0.6 is 24.0 Å². The van der Waals surface area contributed by atoms with Crippen LogP contribution < -0.4 is 9.64 Å². The number of nitrogens with zero attached hydrogens (tertiary/aromatic N) is 3. The molecule has 1 aliphatic heterocycles. The molecular formula is C21H16FN3O2S2. The Bertz CT molecular complexity index is 1090. The molecule has 0 unspecified atom stereocenters. The van der Waals surface area contributed by atoms with Crippen molar-refractivity contribution in [1.29, 1.82) is 0 Å². The van der Waals surface area contributed by atoms with Gasteiger partial charge in [0.1, 0.15) is 24.0 Å². The van der Waals surface area contributed by atoms with Crippen LogP contribution in [-0.4, -0.2) is 19.8 Å². The second kappa shape index (κ2) is 8.18. The molecule has 0 N–H and O–H groups in total. The summed E-state index contributed by atoms with van der Waals surface area (Å²) in [6.07, 6.45) is 5.37. The van der Waals surface area contributed by atoms with E-state index in [2.05, 4.69) is 4.98 Å². The standard InChI is InChI=1S/C21H16FN3O2S2/c1-24-11-10-23-19(24)13-27-17-8-2-14(3-9-17)12-18-20(26)25(21(28)29-18)16-6-4-15(22)5-7-16/h2-12H,13H2,1H3/b18-12-. The molecular weight excluding hydrogens is 409 g/mol. The van der Waals surface area contributed by atoms with E-state index in [9.17, 15) is 9.18 Å². The largest absolute Gasteiger partial charge is 0.486 e. The lowest BCUT2D eigenvalue weighted by Gasteiger charge is -2.14. The minimum Gasteiger partial charge on any atom is -0.486 e. The monoisotopic (exact) mass is 425 g/mol. The number of amides is 1. The van der Waals surface area contributed by atoms with E-state index in [1.165, 1.54) is 40.9 Å². The maximum Gasteiger partial charge on any atom is 0.270 e. The molecule has 29 heavy (non-hydrogen) atoms. The van der Waals surface area contributed by atoms with Gasteiger partial charge >= 0.3 is 0 Å². The highest BCUT2D eigenvalue weighted by Crippen LogP contribution is 2.36. The molecule has 8 heteroatoms. The van der Waals surface area contributed by atoms with Gasteiger partial charge in [-0.3, -0.25) is 9.69 Å². The molecule has 1 saturated heterocycles. The van der Waals surface area contributed by atoms with Gasteiger partial charge in [-0.1, -0.05) is 36.1 Å². The molecule has 0 radical (unpaired) electrons. The lowest BCUT2D eigenvalue weighted by atomic mass is 10.2. The highest BCUT2D eigenvalue weighted by atomic mass is 32.2. The molecule has 1 amide bonds. The number of hydrogen-bond donors (Lipinski definition) is 0. The van der Waals surface area contributed by atoms with Crippen LogP contribution in [0, 0.1) is 5.82 Å². The molecule has 146 valence electrons. The average Bonchev–Trinajstić information content (AvgIpc) is 3.24. The summed E-state index contributed by atoms with van der Waals surface area (Å²) in [5.74, 6) is 0.962. The molecule has 0 spiro atoms. The van der Waals surface area contributed by atoms with Crippen LogP contribution in [0.5, 0.6) is 5.75 Å². The number of thiocarbonyl (C=S) groups is 1. The zero-order valence-electron chi connectivity index (χ0n) is 15.4. The number of thioether (sulfide) groups is 1. The van der Waals surface area contributed by atoms with E-state index in [1.807, 2.05) is 42.1 Å². The van der Waals surface area contributed by atoms with Gasteiger partial charge in [0.05, 0.1) is 10.6 Å². The number of hydrogen-bond acceptors (Lipinski definition) is 5. The summed E-state index contributed by atoms with van der Waals surface area (Å²) in [5, 5.41) is 0. The molecule has 0 bridgehead atoms. The van der Waals surface area contributed by atoms with Crippen molar-refractivity contribution in [2.75, 3.05) is 4.90 Å². The van der Waals surface area contributed by atoms with E-state index in [0.29, 0.717) is 27.3 Å². The molecule has 1 fully saturated rings. The summed E-state index contributed by atoms with van der Waals surface area (Å²) in [7, 11) is 1.91. The van der Waals surface area contributed by atoms with Crippen molar-refractivity contribution in [3.63, 3.8) is 0 Å². The van der Waals surface area contributed by atoms with Gasteiger partial charge in [0.25, 0.3) is 5.91 Å². The van der Waals surface area contributed by atoms with Gasteiger partial charge in [-0.05, 0) is 48.0 Å². The third kappa shape index (κ3) is 4.23. The van der Waals surface area contributed by atoms with Crippen molar-refractivity contribution in [3.05, 3.63) is 83.0 Å². The van der Waals surface area contributed by atoms with Crippen molar-refractivity contribution < 1.29 is 13.9 Å². The number of carbonyl (C=O) groups is 1. The average molecular weight is 426 g/mol. The SMILES string of the molecule is Cn1ccnc1COc1ccc(/C=C2\SC(=S)N(c3ccc(F)cc3)C2=O)cc1. The van der Waals surface area contributed by atoms with E-state index in [4.69, 9.17) is 17.0 Å². The molecule has 3 aromatic rings. The Balaban J connectivity index is 1.46. The van der Waals surface area contributed by atoms with Crippen molar-refractivity contribution in [1.82, 2.24) is 9.55 Å². The first kappa shape index (κ1) is 19.4. The third-order valence-corrected chi connectivity index (χ3v) is 5.65. The van der Waals surface area contributed by atoms with Crippen molar-refractivity contribution >= 4 is 46.0 Å². The first-order valence-corrected chi connectivity index (χ1v) is 9.96. The van der Waals surface area contributed by atoms with Gasteiger partial charge in [-0.15, -0.1) is 0 Å². The summed E-state index contributed by atoms with van der Waals surface area (Å²) in [4.78, 5) is 18.9. The van der Waals surface area contributed by atoms with Crippen LogP contribution in [0.1, 0.15) is 11.4 Å². The number of aryl methyl sites for hydroxylation is 1. The van der Waals surface area contributed by atoms with Gasteiger partial charge in [0.15, 0.2) is 4.32 Å². The molecule has 5 nitrogen and oxygen atoms in total. The minimum absolute atomic E-state index is 0.221. The molecule has 0 saturated carbocycles. The topological polar surface area (TPSA) is 47.4 Å². The number of imidazole rings is 1. The summed E-state index contributed by atoms with van der Waals surface area (Å²) >= 11 is 6.56. The Morgan fingerprint density at radius 1 is 1.17 bits per heavy atom. The second-order valence-corrected chi connectivity index (χ2v) is 7.98. The van der Waals surface area contributed by atoms with Crippen LogP contribution in [0.15, 0.2) is 65.8 Å². The first-order valence-electron chi connectivity index (χ1n) is 8.74. The Morgan fingerprint density at radius 2 is 1.90 bits per heavy atom. The van der Waals surface area contributed by atoms with E-state index in [1.54, 1.807) is 12.3 Å². The second-order valence-electron chi connectivity index (χ2n) is 6.31. The van der Waals surface area contributed by atoms with E-state index in [0.717, 1.165) is 11.4 Å². The number of benzene rings is 2. The number of carbonyl (C=O) groups excluding carboxylic acids is 1. The zero-order chi connectivity index (χ0) is 20.4. The van der Waals surface area contributed by atoms with Crippen LogP contribution in [0.2, 0.25) is 0 Å². The summed E-state index contributed by atoms with van der Waals surface area (Å²) in [6, 6.07) is 13.1. The summed E-state index contributed by atoms with van der Waals surface area (Å²) in [6.45, 7) is 0.374. The fraction of sp³-hybridized carbons (Fsp3) is 0.0952. The third-order valence-electron chi connectivity index (χ3n) is 4.35. The zero-order valence-corrected chi connectivity index (χ0v) is 17.0. The maximum absolute atomic E-state index is 13.2. The van der Waals surface area contributed by atoms with Gasteiger partial charge < -0.3 is 9.30 Å². The predicted molar refractivity (Wildman–Crippen MR) is 116 cm³/mol. The highest BCUT2D eigenvalue weighted by molar-refractivity contribution is 8.27. The van der Waals surface area contributed by atoms with E-state index in [-0.39, 0.29) is 11.7 Å². The Kier molecular flexibility index (Phi) is 5.46. The van der Waals surface area contributed by atoms with Crippen molar-refractivity contribution in [2.24, 2.45) is 7.05 Å². The number of aromatic nitrogens is 2. The molecule has 2 heterocycles. The molecule has 0 aliphatic carbocycles. The fourth-order valence-electron chi connectivity index (χ4n) is 2.78. The van der Waals surface area contributed by atoms with Gasteiger partial charge in [0.2, 0.25) is 0 Å². The first-order chi connectivity index (χ1) is 14.0. The van der Waals surface area contributed by atoms with Crippen LogP contribution in [0.4, 0.5) is 10.1 Å². The summed E-state index contributed by atoms with van der Waals surface area (Å²) < 4.78 is 21.2. The van der Waals surface area contributed by atoms with Gasteiger partial charge in [-0.2, -0.15) is 0 Å². The van der Waals surface area contributed by atoms with E-state index >= 15 is 0 Å². The molecule has 1 aliphatic rings. The number of halogens is 1. The Morgan fingerprint density at radius 3 is 2.55 bits per heavy atom. The van der Waals surface area contributed by atoms with Crippen molar-refractivity contribution in [2.45, 2.75) is 6.61 Å². The lowest BCUT2D eigenvalue weighted by molar-refractivity contribution is -0.113. The lowest BCUT2D eigenvalue weighted by Crippen LogP contribution is -2.27. The number of ether oxygens (including phenoxy) is 1. The number of anilines is 1. The highest BCUT2D eigenvalue weighted by Gasteiger charge is 2.33. The molecule has 2 aromatic carbocycles. The maximum atomic E-state index is 13.2. The minimum atomic E-state index is -0.361. The predicted octanol–water partition coefficient (Wildman–Crippen LogP) is 4.54. The van der Waals surface area contributed by atoms with Crippen LogP contribution in [0.3, 0.4) is 0 Å². The normalized spacial score (nSPS) is 15.4. The van der Waals surface area contributed by atoms with Crippen LogP contribution in [-0.2, 0) is 18.4 Å². The van der Waals surface area contributed by atoms with Gasteiger partial charge in [-0.25, -0.2) is 9.37 Å². The van der Waals surface area contributed by atoms with Gasteiger partial charge in [0, 0.05) is 19.4 Å². The molecule has 1 aromatic heterocycles. The summed E-state index contributed by atoms with van der Waals surface area (Å²) in [5.41, 5.74) is 1.41.